The van der Waals surface area contributed by atoms with Gasteiger partial charge in [0.15, 0.2) is 0 Å². The second-order valence-electron chi connectivity index (χ2n) is 7.09. The van der Waals surface area contributed by atoms with Gasteiger partial charge in [0.25, 0.3) is 5.56 Å². The van der Waals surface area contributed by atoms with E-state index in [0.717, 1.165) is 57.1 Å². The van der Waals surface area contributed by atoms with Gasteiger partial charge in [0.2, 0.25) is 5.91 Å². The van der Waals surface area contributed by atoms with Crippen molar-refractivity contribution in [1.29, 1.82) is 0 Å². The lowest BCUT2D eigenvalue weighted by molar-refractivity contribution is -0.136. The molecule has 4 heterocycles. The third-order valence-corrected chi connectivity index (χ3v) is 5.35. The Balaban J connectivity index is 1.36. The smallest absolute Gasteiger partial charge is 0.266 e. The summed E-state index contributed by atoms with van der Waals surface area (Å²) in [6.07, 6.45) is 5.29. The van der Waals surface area contributed by atoms with Gasteiger partial charge in [-0.05, 0) is 25.0 Å². The van der Waals surface area contributed by atoms with Crippen LogP contribution in [0.15, 0.2) is 41.5 Å². The molecule has 1 N–H and O–H groups in total. The molecule has 2 aliphatic rings. The van der Waals surface area contributed by atoms with Crippen LogP contribution < -0.4 is 15.4 Å². The fourth-order valence-corrected chi connectivity index (χ4v) is 3.91. The summed E-state index contributed by atoms with van der Waals surface area (Å²) in [4.78, 5) is 35.2. The highest BCUT2D eigenvalue weighted by Crippen LogP contribution is 2.24. The van der Waals surface area contributed by atoms with Crippen LogP contribution in [0, 0.1) is 5.92 Å². The Morgan fingerprint density at radius 3 is 2.70 bits per heavy atom. The highest BCUT2D eigenvalue weighted by atomic mass is 16.2. The summed E-state index contributed by atoms with van der Waals surface area (Å²) in [5, 5.41) is 6.27. The molecule has 0 aliphatic carbocycles. The summed E-state index contributed by atoms with van der Waals surface area (Å²) in [6.45, 7) is 4.54. The van der Waals surface area contributed by atoms with Gasteiger partial charge in [-0.2, -0.15) is 5.10 Å². The molecule has 2 aliphatic heterocycles. The van der Waals surface area contributed by atoms with E-state index in [1.54, 1.807) is 18.5 Å². The molecule has 8 nitrogen and oxygen atoms in total. The van der Waals surface area contributed by atoms with Gasteiger partial charge in [0, 0.05) is 51.5 Å². The Morgan fingerprint density at radius 1 is 1.11 bits per heavy atom. The van der Waals surface area contributed by atoms with E-state index in [-0.39, 0.29) is 17.4 Å². The molecule has 0 spiro atoms. The number of aromatic nitrogens is 3. The summed E-state index contributed by atoms with van der Waals surface area (Å²) in [7, 11) is 0. The van der Waals surface area contributed by atoms with Gasteiger partial charge in [0.1, 0.15) is 5.82 Å². The Kier molecular flexibility index (Phi) is 5.04. The van der Waals surface area contributed by atoms with Crippen LogP contribution in [0.1, 0.15) is 12.8 Å². The van der Waals surface area contributed by atoms with Crippen LogP contribution in [-0.2, 0) is 4.79 Å². The Hall–Kier alpha value is -2.90. The fraction of sp³-hybridized carbons (Fsp3) is 0.474. The first-order chi connectivity index (χ1) is 13.2. The van der Waals surface area contributed by atoms with Crippen LogP contribution in [0.2, 0.25) is 0 Å². The van der Waals surface area contributed by atoms with Crippen LogP contribution in [0.3, 0.4) is 0 Å². The van der Waals surface area contributed by atoms with E-state index >= 15 is 0 Å². The number of nitrogens with zero attached hydrogens (tertiary/aromatic N) is 5. The molecule has 0 unspecified atom stereocenters. The molecule has 2 aromatic heterocycles. The maximum Gasteiger partial charge on any atom is 0.266 e. The zero-order valence-corrected chi connectivity index (χ0v) is 15.3. The Morgan fingerprint density at radius 2 is 1.96 bits per heavy atom. The first kappa shape index (κ1) is 17.5. The molecule has 1 amide bonds. The maximum atomic E-state index is 13.0. The maximum absolute atomic E-state index is 13.0. The topological polar surface area (TPSA) is 85.4 Å². The number of anilines is 2. The van der Waals surface area contributed by atoms with E-state index in [2.05, 4.69) is 25.0 Å². The molecule has 2 saturated heterocycles. The molecule has 27 heavy (non-hydrogen) atoms. The standard InChI is InChI=1S/C19H24N6O2/c26-18-12-16(13-21-22-18)25-7-3-4-15(14-25)19(27)24-10-8-23(9-11-24)17-5-1-2-6-20-17/h1-2,5-6,12-13,15H,3-4,7-11,14H2,(H,22,26)/t15-/m0/s1. The minimum absolute atomic E-state index is 0.0283. The van der Waals surface area contributed by atoms with Crippen LogP contribution in [0.5, 0.6) is 0 Å². The highest BCUT2D eigenvalue weighted by Gasteiger charge is 2.31. The van der Waals surface area contributed by atoms with Gasteiger partial charge in [-0.15, -0.1) is 0 Å². The van der Waals surface area contributed by atoms with Crippen molar-refractivity contribution in [2.75, 3.05) is 49.1 Å². The molecule has 0 aromatic carbocycles. The van der Waals surface area contributed by atoms with E-state index < -0.39 is 0 Å². The van der Waals surface area contributed by atoms with E-state index in [1.165, 1.54) is 0 Å². The van der Waals surface area contributed by atoms with Crippen molar-refractivity contribution in [2.45, 2.75) is 12.8 Å². The minimum atomic E-state index is -0.216. The summed E-state index contributed by atoms with van der Waals surface area (Å²) in [6, 6.07) is 7.45. The summed E-state index contributed by atoms with van der Waals surface area (Å²) < 4.78 is 0. The lowest BCUT2D eigenvalue weighted by Crippen LogP contribution is -2.52. The molecule has 142 valence electrons. The minimum Gasteiger partial charge on any atom is -0.369 e. The number of hydrogen-bond donors (Lipinski definition) is 1. The predicted octanol–water partition coefficient (Wildman–Crippen LogP) is 0.730. The van der Waals surface area contributed by atoms with Crippen LogP contribution in [0.25, 0.3) is 0 Å². The number of piperazine rings is 1. The van der Waals surface area contributed by atoms with Gasteiger partial charge in [-0.25, -0.2) is 10.1 Å². The number of carbonyl (C=O) groups excluding carboxylic acids is 1. The van der Waals surface area contributed by atoms with Crippen molar-refractivity contribution in [3.63, 3.8) is 0 Å². The monoisotopic (exact) mass is 368 g/mol. The molecular formula is C19H24N6O2. The second-order valence-corrected chi connectivity index (χ2v) is 7.09. The van der Waals surface area contributed by atoms with Gasteiger partial charge in [0.05, 0.1) is 17.8 Å². The van der Waals surface area contributed by atoms with E-state index in [9.17, 15) is 9.59 Å². The van der Waals surface area contributed by atoms with Crippen molar-refractivity contribution in [1.82, 2.24) is 20.1 Å². The zero-order valence-electron chi connectivity index (χ0n) is 15.3. The summed E-state index contributed by atoms with van der Waals surface area (Å²) in [5.41, 5.74) is 0.572. The first-order valence-corrected chi connectivity index (χ1v) is 9.45. The summed E-state index contributed by atoms with van der Waals surface area (Å²) >= 11 is 0. The first-order valence-electron chi connectivity index (χ1n) is 9.45. The predicted molar refractivity (Wildman–Crippen MR) is 103 cm³/mol. The van der Waals surface area contributed by atoms with Crippen molar-refractivity contribution >= 4 is 17.4 Å². The van der Waals surface area contributed by atoms with Crippen molar-refractivity contribution < 1.29 is 4.79 Å². The van der Waals surface area contributed by atoms with Crippen LogP contribution in [0.4, 0.5) is 11.5 Å². The van der Waals surface area contributed by atoms with Gasteiger partial charge in [-0.3, -0.25) is 9.59 Å². The molecule has 4 rings (SSSR count). The second kappa shape index (κ2) is 7.77. The number of hydrogen-bond acceptors (Lipinski definition) is 6. The summed E-state index contributed by atoms with van der Waals surface area (Å²) in [5.74, 6) is 1.16. The number of pyridine rings is 1. The third kappa shape index (κ3) is 3.94. The van der Waals surface area contributed by atoms with E-state index in [4.69, 9.17) is 0 Å². The van der Waals surface area contributed by atoms with Crippen LogP contribution >= 0.6 is 0 Å². The molecule has 1 atom stereocenters. The number of rotatable bonds is 3. The van der Waals surface area contributed by atoms with Gasteiger partial charge >= 0.3 is 0 Å². The van der Waals surface area contributed by atoms with Crippen molar-refractivity contribution in [3.8, 4) is 0 Å². The fourth-order valence-electron chi connectivity index (χ4n) is 3.91. The van der Waals surface area contributed by atoms with Crippen molar-refractivity contribution in [3.05, 3.63) is 47.0 Å². The molecule has 2 fully saturated rings. The number of nitrogens with one attached hydrogen (secondary N) is 1. The quantitative estimate of drug-likeness (QED) is 0.860. The van der Waals surface area contributed by atoms with Crippen molar-refractivity contribution in [2.24, 2.45) is 5.92 Å². The van der Waals surface area contributed by atoms with Gasteiger partial charge in [-0.1, -0.05) is 6.07 Å². The molecule has 0 saturated carbocycles. The molecule has 8 heteroatoms. The number of aromatic amines is 1. The Bertz CT molecular complexity index is 831. The normalized spacial score (nSPS) is 20.6. The average molecular weight is 368 g/mol. The average Bonchev–Trinajstić information content (AvgIpc) is 2.74. The lowest BCUT2D eigenvalue weighted by atomic mass is 9.96. The number of piperidine rings is 1. The van der Waals surface area contributed by atoms with E-state index in [0.29, 0.717) is 6.54 Å². The molecular weight excluding hydrogens is 344 g/mol. The number of H-pyrrole nitrogens is 1. The van der Waals surface area contributed by atoms with Crippen LogP contribution in [-0.4, -0.2) is 65.3 Å². The highest BCUT2D eigenvalue weighted by molar-refractivity contribution is 5.80. The number of amides is 1. The third-order valence-electron chi connectivity index (χ3n) is 5.35. The number of carbonyl (C=O) groups is 1. The SMILES string of the molecule is O=C([C@H]1CCCN(c2cn[nH]c(=O)c2)C1)N1CCN(c2ccccn2)CC1. The molecule has 0 radical (unpaired) electrons. The molecule has 0 bridgehead atoms. The zero-order chi connectivity index (χ0) is 18.6. The Labute approximate surface area is 157 Å². The molecule has 2 aromatic rings. The van der Waals surface area contributed by atoms with E-state index in [1.807, 2.05) is 23.1 Å². The van der Waals surface area contributed by atoms with Gasteiger partial charge < -0.3 is 14.7 Å². The largest absolute Gasteiger partial charge is 0.369 e. The lowest BCUT2D eigenvalue weighted by Gasteiger charge is -2.39.